The van der Waals surface area contributed by atoms with Crippen LogP contribution in [-0.2, 0) is 19.1 Å². The minimum atomic E-state index is -0.709. The highest BCUT2D eigenvalue weighted by Gasteiger charge is 2.21. The number of para-hydroxylation sites is 1. The fourth-order valence-corrected chi connectivity index (χ4v) is 2.28. The number of ether oxygens (including phenoxy) is 3. The molecule has 7 heteroatoms. The van der Waals surface area contributed by atoms with E-state index in [2.05, 4.69) is 5.32 Å². The molecule has 0 aromatic heterocycles. The Morgan fingerprint density at radius 3 is 1.96 bits per heavy atom. The molecule has 0 heterocycles. The van der Waals surface area contributed by atoms with Gasteiger partial charge in [0.15, 0.2) is 0 Å². The molecule has 7 nitrogen and oxygen atoms in total. The molecular formula is C20H24N2O5. The van der Waals surface area contributed by atoms with E-state index < -0.39 is 11.8 Å². The first-order valence-electron chi connectivity index (χ1n) is 8.55. The van der Waals surface area contributed by atoms with Crippen LogP contribution >= 0.6 is 0 Å². The second-order valence-electron chi connectivity index (χ2n) is 5.67. The maximum atomic E-state index is 12.3. The van der Waals surface area contributed by atoms with Crippen LogP contribution in [0.1, 0.15) is 0 Å². The third kappa shape index (κ3) is 6.73. The summed E-state index contributed by atoms with van der Waals surface area (Å²) in [6.45, 7) is 1.31. The molecule has 2 aromatic carbocycles. The quantitative estimate of drug-likeness (QED) is 0.685. The molecule has 0 bridgehead atoms. The van der Waals surface area contributed by atoms with Gasteiger partial charge in [-0.2, -0.15) is 0 Å². The van der Waals surface area contributed by atoms with Crippen molar-refractivity contribution >= 4 is 17.5 Å². The lowest BCUT2D eigenvalue weighted by Crippen LogP contribution is -2.43. The summed E-state index contributed by atoms with van der Waals surface area (Å²) in [7, 11) is 3.08. The van der Waals surface area contributed by atoms with E-state index in [0.717, 1.165) is 5.75 Å². The van der Waals surface area contributed by atoms with Gasteiger partial charge in [0, 0.05) is 33.0 Å². The highest BCUT2D eigenvalue weighted by Crippen LogP contribution is 2.22. The van der Waals surface area contributed by atoms with Gasteiger partial charge < -0.3 is 24.4 Å². The number of methoxy groups -OCH3 is 2. The molecule has 0 atom stereocenters. The van der Waals surface area contributed by atoms with Crippen LogP contribution in [0, 0.1) is 0 Å². The molecule has 0 aliphatic rings. The minimum absolute atomic E-state index is 0.315. The number of rotatable bonds is 9. The molecule has 0 aliphatic carbocycles. The third-order valence-electron chi connectivity index (χ3n) is 3.70. The number of nitrogens with one attached hydrogen (secondary N) is 1. The van der Waals surface area contributed by atoms with Crippen molar-refractivity contribution in [1.82, 2.24) is 4.90 Å². The summed E-state index contributed by atoms with van der Waals surface area (Å²) in [5.74, 6) is 0.0105. The van der Waals surface area contributed by atoms with E-state index in [0.29, 0.717) is 37.7 Å². The highest BCUT2D eigenvalue weighted by atomic mass is 16.5. The summed E-state index contributed by atoms with van der Waals surface area (Å²) in [6.07, 6.45) is 0. The monoisotopic (exact) mass is 372 g/mol. The van der Waals surface area contributed by atoms with Gasteiger partial charge in [-0.3, -0.25) is 9.59 Å². The summed E-state index contributed by atoms with van der Waals surface area (Å²) in [5.41, 5.74) is 0.507. The van der Waals surface area contributed by atoms with E-state index in [-0.39, 0.29) is 0 Å². The van der Waals surface area contributed by atoms with Gasteiger partial charge in [-0.05, 0) is 36.4 Å². The number of amides is 2. The normalized spacial score (nSPS) is 10.3. The minimum Gasteiger partial charge on any atom is -0.457 e. The fourth-order valence-electron chi connectivity index (χ4n) is 2.28. The zero-order valence-electron chi connectivity index (χ0n) is 15.5. The zero-order chi connectivity index (χ0) is 19.5. The van der Waals surface area contributed by atoms with Crippen LogP contribution in [0.5, 0.6) is 11.5 Å². The van der Waals surface area contributed by atoms with Crippen LogP contribution < -0.4 is 10.1 Å². The lowest BCUT2D eigenvalue weighted by atomic mass is 10.3. The van der Waals surface area contributed by atoms with Crippen molar-refractivity contribution in [2.75, 3.05) is 45.8 Å². The Balaban J connectivity index is 1.94. The Hall–Kier alpha value is -2.90. The maximum Gasteiger partial charge on any atom is 0.313 e. The molecule has 0 fully saturated rings. The summed E-state index contributed by atoms with van der Waals surface area (Å²) in [4.78, 5) is 26.0. The number of carbonyl (C=O) groups is 2. The van der Waals surface area contributed by atoms with E-state index in [1.807, 2.05) is 30.3 Å². The van der Waals surface area contributed by atoms with Crippen molar-refractivity contribution in [2.24, 2.45) is 0 Å². The number of benzene rings is 2. The number of hydrogen-bond donors (Lipinski definition) is 1. The van der Waals surface area contributed by atoms with E-state index >= 15 is 0 Å². The Kier molecular flexibility index (Phi) is 8.28. The molecule has 2 aromatic rings. The Morgan fingerprint density at radius 1 is 0.852 bits per heavy atom. The van der Waals surface area contributed by atoms with Crippen LogP contribution in [0.25, 0.3) is 0 Å². The van der Waals surface area contributed by atoms with Crippen LogP contribution in [0.4, 0.5) is 5.69 Å². The average molecular weight is 372 g/mol. The van der Waals surface area contributed by atoms with Crippen LogP contribution in [-0.4, -0.2) is 57.2 Å². The zero-order valence-corrected chi connectivity index (χ0v) is 15.5. The molecule has 0 saturated heterocycles. The standard InChI is InChI=1S/C20H24N2O5/c1-25-14-12-22(13-15-26-2)20(24)19(23)21-16-8-10-18(11-9-16)27-17-6-4-3-5-7-17/h3-11H,12-15H2,1-2H3,(H,21,23). The summed E-state index contributed by atoms with van der Waals surface area (Å²) in [6, 6.07) is 16.2. The van der Waals surface area contributed by atoms with Gasteiger partial charge in [0.1, 0.15) is 11.5 Å². The molecular weight excluding hydrogens is 348 g/mol. The van der Waals surface area contributed by atoms with Crippen molar-refractivity contribution in [3.63, 3.8) is 0 Å². The van der Waals surface area contributed by atoms with E-state index in [1.165, 1.54) is 19.1 Å². The number of nitrogens with zero attached hydrogens (tertiary/aromatic N) is 1. The molecule has 0 radical (unpaired) electrons. The predicted molar refractivity (Wildman–Crippen MR) is 102 cm³/mol. The largest absolute Gasteiger partial charge is 0.457 e. The smallest absolute Gasteiger partial charge is 0.313 e. The van der Waals surface area contributed by atoms with Gasteiger partial charge in [-0.25, -0.2) is 0 Å². The molecule has 0 unspecified atom stereocenters. The van der Waals surface area contributed by atoms with Crippen molar-refractivity contribution in [2.45, 2.75) is 0 Å². The second-order valence-corrected chi connectivity index (χ2v) is 5.67. The number of carbonyl (C=O) groups excluding carboxylic acids is 2. The first kappa shape index (κ1) is 20.4. The van der Waals surface area contributed by atoms with Gasteiger partial charge in [0.05, 0.1) is 13.2 Å². The van der Waals surface area contributed by atoms with E-state index in [1.54, 1.807) is 24.3 Å². The van der Waals surface area contributed by atoms with Crippen molar-refractivity contribution in [3.05, 3.63) is 54.6 Å². The van der Waals surface area contributed by atoms with Crippen molar-refractivity contribution < 1.29 is 23.8 Å². The topological polar surface area (TPSA) is 77.1 Å². The molecule has 0 spiro atoms. The highest BCUT2D eigenvalue weighted by molar-refractivity contribution is 6.39. The first-order chi connectivity index (χ1) is 13.1. The van der Waals surface area contributed by atoms with Gasteiger partial charge in [-0.15, -0.1) is 0 Å². The first-order valence-corrected chi connectivity index (χ1v) is 8.55. The Morgan fingerprint density at radius 2 is 1.41 bits per heavy atom. The fraction of sp³-hybridized carbons (Fsp3) is 0.300. The maximum absolute atomic E-state index is 12.3. The van der Waals surface area contributed by atoms with Crippen LogP contribution in [0.2, 0.25) is 0 Å². The molecule has 1 N–H and O–H groups in total. The SMILES string of the molecule is COCCN(CCOC)C(=O)C(=O)Nc1ccc(Oc2ccccc2)cc1. The molecule has 27 heavy (non-hydrogen) atoms. The number of anilines is 1. The lowest BCUT2D eigenvalue weighted by Gasteiger charge is -2.21. The third-order valence-corrected chi connectivity index (χ3v) is 3.70. The van der Waals surface area contributed by atoms with Crippen LogP contribution in [0.3, 0.4) is 0 Å². The molecule has 0 saturated carbocycles. The lowest BCUT2D eigenvalue weighted by molar-refractivity contribution is -0.144. The van der Waals surface area contributed by atoms with Crippen molar-refractivity contribution in [3.8, 4) is 11.5 Å². The molecule has 2 amide bonds. The Labute approximate surface area is 158 Å². The summed E-state index contributed by atoms with van der Waals surface area (Å²) < 4.78 is 15.7. The van der Waals surface area contributed by atoms with Gasteiger partial charge in [0.25, 0.3) is 0 Å². The number of hydrogen-bond acceptors (Lipinski definition) is 5. The molecule has 2 rings (SSSR count). The Bertz CT molecular complexity index is 711. The van der Waals surface area contributed by atoms with Gasteiger partial charge >= 0.3 is 11.8 Å². The van der Waals surface area contributed by atoms with Crippen LogP contribution in [0.15, 0.2) is 54.6 Å². The van der Waals surface area contributed by atoms with Crippen molar-refractivity contribution in [1.29, 1.82) is 0 Å². The van der Waals surface area contributed by atoms with Gasteiger partial charge in [-0.1, -0.05) is 18.2 Å². The summed E-state index contributed by atoms with van der Waals surface area (Å²) in [5, 5.41) is 2.60. The molecule has 0 aliphatic heterocycles. The van der Waals surface area contributed by atoms with Gasteiger partial charge in [0.2, 0.25) is 0 Å². The second kappa shape index (κ2) is 10.9. The predicted octanol–water partition coefficient (Wildman–Crippen LogP) is 2.54. The molecule has 144 valence electrons. The average Bonchev–Trinajstić information content (AvgIpc) is 2.70. The summed E-state index contributed by atoms with van der Waals surface area (Å²) >= 11 is 0. The van der Waals surface area contributed by atoms with E-state index in [4.69, 9.17) is 14.2 Å². The van der Waals surface area contributed by atoms with E-state index in [9.17, 15) is 9.59 Å².